The molecule has 0 radical (unpaired) electrons. The van der Waals surface area contributed by atoms with Gasteiger partial charge in [0.05, 0.1) is 0 Å². The molecule has 3 nitrogen and oxygen atoms in total. The molecule has 12 heavy (non-hydrogen) atoms. The van der Waals surface area contributed by atoms with Crippen molar-refractivity contribution < 1.29 is 14.3 Å². The van der Waals surface area contributed by atoms with E-state index >= 15 is 0 Å². The first-order valence-electron chi connectivity index (χ1n) is 4.04. The number of rotatable bonds is 6. The second kappa shape index (κ2) is 5.96. The SMILES string of the molecule is C=C(C(=O)O)C(CCC)[SiH2]OC. The molecule has 0 aromatic carbocycles. The minimum Gasteiger partial charge on any atom is -0.478 e. The summed E-state index contributed by atoms with van der Waals surface area (Å²) >= 11 is 0. The average Bonchev–Trinajstić information content (AvgIpc) is 2.03. The van der Waals surface area contributed by atoms with Crippen LogP contribution in [0, 0.1) is 0 Å². The average molecular weight is 188 g/mol. The van der Waals surface area contributed by atoms with Crippen LogP contribution in [0.15, 0.2) is 12.2 Å². The molecule has 1 unspecified atom stereocenters. The molecule has 0 aliphatic heterocycles. The fourth-order valence-electron chi connectivity index (χ4n) is 1.08. The largest absolute Gasteiger partial charge is 0.478 e. The normalized spacial score (nSPS) is 13.5. The minimum atomic E-state index is -0.891. The van der Waals surface area contributed by atoms with Crippen molar-refractivity contribution in [1.29, 1.82) is 0 Å². The highest BCUT2D eigenvalue weighted by molar-refractivity contribution is 6.32. The van der Waals surface area contributed by atoms with E-state index in [2.05, 4.69) is 6.58 Å². The Labute approximate surface area is 75.4 Å². The molecule has 0 aromatic heterocycles. The van der Waals surface area contributed by atoms with Crippen molar-refractivity contribution in [3.05, 3.63) is 12.2 Å². The standard InChI is InChI=1S/C8H16O3Si/c1-4-5-7(12-11-3)6(2)8(9)10/h7H,2,4-5,12H2,1,3H3,(H,9,10). The molecule has 1 N–H and O–H groups in total. The number of aliphatic carboxylic acids is 1. The Bertz CT molecular complexity index is 162. The van der Waals surface area contributed by atoms with Crippen molar-refractivity contribution in [2.45, 2.75) is 25.3 Å². The first-order valence-corrected chi connectivity index (χ1v) is 5.43. The van der Waals surface area contributed by atoms with E-state index in [-0.39, 0.29) is 5.54 Å². The van der Waals surface area contributed by atoms with Gasteiger partial charge in [-0.3, -0.25) is 0 Å². The molecule has 0 rings (SSSR count). The Balaban J connectivity index is 4.08. The molecule has 0 saturated heterocycles. The second-order valence-electron chi connectivity index (χ2n) is 2.77. The molecule has 0 amide bonds. The van der Waals surface area contributed by atoms with E-state index in [9.17, 15) is 4.79 Å². The van der Waals surface area contributed by atoms with E-state index in [0.717, 1.165) is 12.8 Å². The molecule has 0 aliphatic carbocycles. The number of carbonyl (C=O) groups is 1. The van der Waals surface area contributed by atoms with Crippen LogP contribution in [0.1, 0.15) is 19.8 Å². The molecule has 0 saturated carbocycles. The Morgan fingerprint density at radius 3 is 2.67 bits per heavy atom. The molecule has 0 spiro atoms. The van der Waals surface area contributed by atoms with Crippen molar-refractivity contribution in [2.24, 2.45) is 0 Å². The highest BCUT2D eigenvalue weighted by atomic mass is 28.2. The summed E-state index contributed by atoms with van der Waals surface area (Å²) in [6.07, 6.45) is 1.86. The van der Waals surface area contributed by atoms with Gasteiger partial charge in [0.15, 0.2) is 9.76 Å². The molecular weight excluding hydrogens is 172 g/mol. The third-order valence-electron chi connectivity index (χ3n) is 1.77. The van der Waals surface area contributed by atoms with Gasteiger partial charge in [-0.25, -0.2) is 4.79 Å². The molecule has 1 atom stereocenters. The molecule has 0 heterocycles. The number of carboxylic acids is 1. The third-order valence-corrected chi connectivity index (χ3v) is 3.41. The van der Waals surface area contributed by atoms with Gasteiger partial charge in [0.25, 0.3) is 0 Å². The number of carboxylic acid groups (broad SMARTS) is 1. The molecule has 4 heteroatoms. The summed E-state index contributed by atoms with van der Waals surface area (Å²) in [4.78, 5) is 10.6. The maximum atomic E-state index is 10.6. The lowest BCUT2D eigenvalue weighted by Gasteiger charge is -2.13. The third kappa shape index (κ3) is 3.68. The summed E-state index contributed by atoms with van der Waals surface area (Å²) in [5.41, 5.74) is 0.405. The zero-order valence-electron chi connectivity index (χ0n) is 7.67. The summed E-state index contributed by atoms with van der Waals surface area (Å²) < 4.78 is 5.04. The van der Waals surface area contributed by atoms with Crippen LogP contribution in [0.2, 0.25) is 5.54 Å². The van der Waals surface area contributed by atoms with Crippen LogP contribution < -0.4 is 0 Å². The van der Waals surface area contributed by atoms with E-state index in [0.29, 0.717) is 5.57 Å². The summed E-state index contributed by atoms with van der Waals surface area (Å²) in [6.45, 7) is 5.58. The molecular formula is C8H16O3Si. The first-order chi connectivity index (χ1) is 5.63. The lowest BCUT2D eigenvalue weighted by Crippen LogP contribution is -2.14. The molecule has 0 aromatic rings. The zero-order chi connectivity index (χ0) is 9.56. The smallest absolute Gasteiger partial charge is 0.331 e. The Hall–Kier alpha value is -0.613. The van der Waals surface area contributed by atoms with Gasteiger partial charge in [0.1, 0.15) is 0 Å². The Morgan fingerprint density at radius 2 is 2.33 bits per heavy atom. The maximum Gasteiger partial charge on any atom is 0.331 e. The highest BCUT2D eigenvalue weighted by Crippen LogP contribution is 2.21. The summed E-state index contributed by atoms with van der Waals surface area (Å²) in [7, 11) is 0.883. The first kappa shape index (κ1) is 11.4. The van der Waals surface area contributed by atoms with Crippen molar-refractivity contribution in [3.8, 4) is 0 Å². The predicted molar refractivity (Wildman–Crippen MR) is 51.0 cm³/mol. The van der Waals surface area contributed by atoms with Crippen LogP contribution in [0.25, 0.3) is 0 Å². The van der Waals surface area contributed by atoms with Crippen LogP contribution in [0.3, 0.4) is 0 Å². The van der Waals surface area contributed by atoms with Crippen molar-refractivity contribution >= 4 is 15.7 Å². The van der Waals surface area contributed by atoms with E-state index in [1.165, 1.54) is 0 Å². The van der Waals surface area contributed by atoms with E-state index in [1.54, 1.807) is 7.11 Å². The summed E-state index contributed by atoms with van der Waals surface area (Å²) in [6, 6.07) is 0. The van der Waals surface area contributed by atoms with Crippen molar-refractivity contribution in [1.82, 2.24) is 0 Å². The van der Waals surface area contributed by atoms with Crippen LogP contribution in [-0.2, 0) is 9.22 Å². The topological polar surface area (TPSA) is 46.5 Å². The lowest BCUT2D eigenvalue weighted by molar-refractivity contribution is -0.132. The Morgan fingerprint density at radius 1 is 1.75 bits per heavy atom. The lowest BCUT2D eigenvalue weighted by atomic mass is 10.1. The van der Waals surface area contributed by atoms with Gasteiger partial charge < -0.3 is 9.53 Å². The van der Waals surface area contributed by atoms with Gasteiger partial charge in [0.2, 0.25) is 0 Å². The van der Waals surface area contributed by atoms with Crippen molar-refractivity contribution in [3.63, 3.8) is 0 Å². The van der Waals surface area contributed by atoms with Gasteiger partial charge in [-0.1, -0.05) is 19.9 Å². The molecule has 0 bridgehead atoms. The minimum absolute atomic E-state index is 0.0949. The fourth-order valence-corrected chi connectivity index (χ4v) is 2.44. The molecule has 70 valence electrons. The van der Waals surface area contributed by atoms with Crippen LogP contribution in [0.4, 0.5) is 0 Å². The molecule has 0 aliphatic rings. The monoisotopic (exact) mass is 188 g/mol. The van der Waals surface area contributed by atoms with E-state index in [4.69, 9.17) is 9.53 Å². The number of hydrogen-bond donors (Lipinski definition) is 1. The summed E-state index contributed by atoms with van der Waals surface area (Å²) in [5.74, 6) is -0.891. The molecule has 0 fully saturated rings. The summed E-state index contributed by atoms with van der Waals surface area (Å²) in [5, 5.41) is 8.67. The quantitative estimate of drug-likeness (QED) is 0.498. The maximum absolute atomic E-state index is 10.6. The number of hydrogen-bond acceptors (Lipinski definition) is 2. The van der Waals surface area contributed by atoms with Crippen LogP contribution >= 0.6 is 0 Å². The van der Waals surface area contributed by atoms with Crippen molar-refractivity contribution in [2.75, 3.05) is 7.11 Å². The van der Waals surface area contributed by atoms with Crippen LogP contribution in [-0.4, -0.2) is 27.9 Å². The van der Waals surface area contributed by atoms with Crippen LogP contribution in [0.5, 0.6) is 0 Å². The fraction of sp³-hybridized carbons (Fsp3) is 0.625. The van der Waals surface area contributed by atoms with E-state index < -0.39 is 15.7 Å². The zero-order valence-corrected chi connectivity index (χ0v) is 9.08. The van der Waals surface area contributed by atoms with E-state index in [1.807, 2.05) is 6.92 Å². The van der Waals surface area contributed by atoms with Gasteiger partial charge in [0, 0.05) is 18.2 Å². The van der Waals surface area contributed by atoms with Gasteiger partial charge in [-0.05, 0) is 6.42 Å². The Kier molecular flexibility index (Phi) is 5.66. The van der Waals surface area contributed by atoms with Gasteiger partial charge >= 0.3 is 5.97 Å². The second-order valence-corrected chi connectivity index (χ2v) is 4.67. The van der Waals surface area contributed by atoms with Gasteiger partial charge in [-0.15, -0.1) is 0 Å². The predicted octanol–water partition coefficient (Wildman–Crippen LogP) is 0.946. The highest BCUT2D eigenvalue weighted by Gasteiger charge is 2.17. The van der Waals surface area contributed by atoms with Gasteiger partial charge in [-0.2, -0.15) is 0 Å².